The summed E-state index contributed by atoms with van der Waals surface area (Å²) in [6, 6.07) is 5.49. The van der Waals surface area contributed by atoms with Gasteiger partial charge in [-0.05, 0) is 74.5 Å². The number of aryl methyl sites for hydroxylation is 1. The second-order valence-corrected chi connectivity index (χ2v) is 11.1. The summed E-state index contributed by atoms with van der Waals surface area (Å²) in [5.41, 5.74) is 1.22. The summed E-state index contributed by atoms with van der Waals surface area (Å²) in [7, 11) is 1.74. The zero-order valence-corrected chi connectivity index (χ0v) is 21.2. The number of hydrogen-bond donors (Lipinski definition) is 2. The normalized spacial score (nSPS) is 23.2. The van der Waals surface area contributed by atoms with Gasteiger partial charge >= 0.3 is 0 Å². The van der Waals surface area contributed by atoms with Gasteiger partial charge in [-0.2, -0.15) is 5.10 Å². The van der Waals surface area contributed by atoms with Gasteiger partial charge in [0.15, 0.2) is 0 Å². The molecule has 3 heterocycles. The molecule has 0 radical (unpaired) electrons. The monoisotopic (exact) mass is 478 g/mol. The molecule has 2 aromatic rings. The molecule has 3 fully saturated rings. The van der Waals surface area contributed by atoms with Crippen LogP contribution in [0.4, 0.5) is 11.5 Å². The lowest BCUT2D eigenvalue weighted by Gasteiger charge is -2.42. The maximum atomic E-state index is 13.7. The fraction of sp³-hybridized carbons (Fsp3) is 0.630. The predicted molar refractivity (Wildman–Crippen MR) is 136 cm³/mol. The number of nitrogens with one attached hydrogen (secondary N) is 2. The Morgan fingerprint density at radius 3 is 2.49 bits per heavy atom. The van der Waals surface area contributed by atoms with Crippen LogP contribution in [-0.4, -0.2) is 45.2 Å². The Morgan fingerprint density at radius 2 is 1.91 bits per heavy atom. The lowest BCUT2D eigenvalue weighted by Crippen LogP contribution is -2.54. The average Bonchev–Trinajstić information content (AvgIpc) is 3.41. The number of nitrogens with zero attached hydrogens (tertiary/aromatic N) is 4. The SMILES string of the molecule is CC1CCCCN1c1ccc(NC(=O)[C@@H](NC(=O)c2ccnn2C)C(C2CCC2)C2(C)CC2)cn1. The van der Waals surface area contributed by atoms with Gasteiger partial charge in [-0.25, -0.2) is 4.98 Å². The van der Waals surface area contributed by atoms with E-state index in [1.165, 1.54) is 25.7 Å². The summed E-state index contributed by atoms with van der Waals surface area (Å²) in [6.07, 6.45) is 12.6. The Bertz CT molecular complexity index is 1060. The van der Waals surface area contributed by atoms with Crippen LogP contribution in [0.1, 0.15) is 75.7 Å². The molecule has 0 spiro atoms. The fourth-order valence-electron chi connectivity index (χ4n) is 5.99. The van der Waals surface area contributed by atoms with Crippen LogP contribution in [0, 0.1) is 17.3 Å². The highest BCUT2D eigenvalue weighted by molar-refractivity contribution is 6.00. The maximum Gasteiger partial charge on any atom is 0.270 e. The summed E-state index contributed by atoms with van der Waals surface area (Å²) < 4.78 is 1.55. The highest BCUT2D eigenvalue weighted by Crippen LogP contribution is 2.58. The Morgan fingerprint density at radius 1 is 1.11 bits per heavy atom. The number of pyridine rings is 1. The molecule has 1 saturated heterocycles. The molecule has 0 aromatic carbocycles. The van der Waals surface area contributed by atoms with E-state index < -0.39 is 6.04 Å². The lowest BCUT2D eigenvalue weighted by molar-refractivity contribution is -0.121. The molecule has 2 N–H and O–H groups in total. The first-order valence-corrected chi connectivity index (χ1v) is 13.2. The number of aromatic nitrogens is 3. The van der Waals surface area contributed by atoms with Crippen LogP contribution in [0.15, 0.2) is 30.6 Å². The molecule has 35 heavy (non-hydrogen) atoms. The van der Waals surface area contributed by atoms with E-state index in [-0.39, 0.29) is 23.1 Å². The molecule has 0 bridgehead atoms. The van der Waals surface area contributed by atoms with E-state index in [0.29, 0.717) is 23.3 Å². The molecule has 2 aromatic heterocycles. The minimum absolute atomic E-state index is 0.0966. The largest absolute Gasteiger partial charge is 0.354 e. The van der Waals surface area contributed by atoms with Crippen molar-refractivity contribution in [3.63, 3.8) is 0 Å². The number of hydrogen-bond acceptors (Lipinski definition) is 5. The molecule has 2 saturated carbocycles. The van der Waals surface area contributed by atoms with Crippen molar-refractivity contribution in [2.75, 3.05) is 16.8 Å². The molecule has 2 unspecified atom stereocenters. The van der Waals surface area contributed by atoms with E-state index in [9.17, 15) is 9.59 Å². The fourth-order valence-corrected chi connectivity index (χ4v) is 5.99. The summed E-state index contributed by atoms with van der Waals surface area (Å²) in [5.74, 6) is 1.12. The molecule has 5 rings (SSSR count). The summed E-state index contributed by atoms with van der Waals surface area (Å²) in [4.78, 5) is 33.9. The van der Waals surface area contributed by atoms with Gasteiger partial charge in [-0.1, -0.05) is 26.2 Å². The third kappa shape index (κ3) is 4.93. The minimum atomic E-state index is -0.600. The second-order valence-electron chi connectivity index (χ2n) is 11.1. The van der Waals surface area contributed by atoms with Crippen molar-refractivity contribution in [3.05, 3.63) is 36.3 Å². The molecule has 3 atom stereocenters. The van der Waals surface area contributed by atoms with Crippen LogP contribution in [-0.2, 0) is 11.8 Å². The Hall–Kier alpha value is -2.90. The smallest absolute Gasteiger partial charge is 0.270 e. The third-order valence-corrected chi connectivity index (χ3v) is 8.60. The van der Waals surface area contributed by atoms with Crippen molar-refractivity contribution in [2.45, 2.75) is 77.3 Å². The van der Waals surface area contributed by atoms with E-state index in [1.54, 1.807) is 30.2 Å². The first-order chi connectivity index (χ1) is 16.9. The number of amides is 2. The van der Waals surface area contributed by atoms with Crippen LogP contribution in [0.2, 0.25) is 0 Å². The van der Waals surface area contributed by atoms with Gasteiger partial charge < -0.3 is 15.5 Å². The maximum absolute atomic E-state index is 13.7. The van der Waals surface area contributed by atoms with E-state index in [1.807, 2.05) is 12.1 Å². The van der Waals surface area contributed by atoms with Gasteiger partial charge in [0.25, 0.3) is 5.91 Å². The first kappa shape index (κ1) is 23.8. The van der Waals surface area contributed by atoms with Crippen LogP contribution < -0.4 is 15.5 Å². The highest BCUT2D eigenvalue weighted by atomic mass is 16.2. The van der Waals surface area contributed by atoms with Gasteiger partial charge in [0.2, 0.25) is 5.91 Å². The Labute approximate surface area is 207 Å². The van der Waals surface area contributed by atoms with Crippen molar-refractivity contribution in [2.24, 2.45) is 24.3 Å². The van der Waals surface area contributed by atoms with Gasteiger partial charge in [0.05, 0.1) is 11.9 Å². The number of carbonyl (C=O) groups excluding carboxylic acids is 2. The van der Waals surface area contributed by atoms with E-state index in [2.05, 4.69) is 39.5 Å². The number of piperidine rings is 1. The number of rotatable bonds is 8. The minimum Gasteiger partial charge on any atom is -0.354 e. The number of carbonyl (C=O) groups is 2. The molecular weight excluding hydrogens is 440 g/mol. The molecule has 1 aliphatic heterocycles. The molecule has 2 aliphatic carbocycles. The van der Waals surface area contributed by atoms with Crippen molar-refractivity contribution in [3.8, 4) is 0 Å². The van der Waals surface area contributed by atoms with Gasteiger partial charge in [-0.15, -0.1) is 0 Å². The van der Waals surface area contributed by atoms with Gasteiger partial charge in [0.1, 0.15) is 17.6 Å². The summed E-state index contributed by atoms with van der Waals surface area (Å²) >= 11 is 0. The van der Waals surface area contributed by atoms with E-state index in [4.69, 9.17) is 0 Å². The third-order valence-electron chi connectivity index (χ3n) is 8.60. The predicted octanol–water partition coefficient (Wildman–Crippen LogP) is 4.15. The van der Waals surface area contributed by atoms with Gasteiger partial charge in [0, 0.05) is 25.8 Å². The summed E-state index contributed by atoms with van der Waals surface area (Å²) in [6.45, 7) is 5.53. The molecular formula is C27H38N6O2. The first-order valence-electron chi connectivity index (χ1n) is 13.2. The Balaban J connectivity index is 1.35. The molecule has 2 amide bonds. The van der Waals surface area contributed by atoms with E-state index in [0.717, 1.165) is 38.0 Å². The van der Waals surface area contributed by atoms with Crippen molar-refractivity contribution < 1.29 is 9.59 Å². The second kappa shape index (κ2) is 9.63. The lowest BCUT2D eigenvalue weighted by atomic mass is 9.66. The molecule has 8 heteroatoms. The van der Waals surface area contributed by atoms with Crippen LogP contribution in [0.25, 0.3) is 0 Å². The Kier molecular flexibility index (Phi) is 6.55. The molecule has 8 nitrogen and oxygen atoms in total. The average molecular weight is 479 g/mol. The topological polar surface area (TPSA) is 92.2 Å². The number of anilines is 2. The zero-order chi connectivity index (χ0) is 24.6. The van der Waals surface area contributed by atoms with Crippen molar-refractivity contribution in [1.29, 1.82) is 0 Å². The standard InChI is InChI=1S/C27H38N6O2/c1-18-7-4-5-16-33(18)22-11-10-20(17-28-22)30-26(35)24(31-25(34)21-12-15-29-32(21)3)23(19-8-6-9-19)27(2)13-14-27/h10-12,15,17-19,23-24H,4-9,13-14,16H2,1-3H3,(H,30,35)(H,31,34)/t18?,23?,24-/m0/s1. The highest BCUT2D eigenvalue weighted by Gasteiger charge is 2.54. The van der Waals surface area contributed by atoms with Crippen LogP contribution in [0.5, 0.6) is 0 Å². The quantitative estimate of drug-likeness (QED) is 0.595. The molecule has 188 valence electrons. The van der Waals surface area contributed by atoms with Crippen LogP contribution >= 0.6 is 0 Å². The zero-order valence-electron chi connectivity index (χ0n) is 21.2. The van der Waals surface area contributed by atoms with Crippen LogP contribution in [0.3, 0.4) is 0 Å². The molecule has 3 aliphatic rings. The van der Waals surface area contributed by atoms with Crippen molar-refractivity contribution in [1.82, 2.24) is 20.1 Å². The van der Waals surface area contributed by atoms with Gasteiger partial charge in [-0.3, -0.25) is 14.3 Å². The van der Waals surface area contributed by atoms with Crippen molar-refractivity contribution >= 4 is 23.3 Å². The van der Waals surface area contributed by atoms with E-state index >= 15 is 0 Å². The summed E-state index contributed by atoms with van der Waals surface area (Å²) in [5, 5.41) is 10.3.